The van der Waals surface area contributed by atoms with Crippen LogP contribution in [0.5, 0.6) is 11.5 Å². The minimum Gasteiger partial charge on any atom is -0.459 e. The van der Waals surface area contributed by atoms with Crippen LogP contribution in [0.4, 0.5) is 0 Å². The van der Waals surface area contributed by atoms with E-state index in [-0.39, 0.29) is 31.3 Å². The van der Waals surface area contributed by atoms with Gasteiger partial charge in [-0.2, -0.15) is 0 Å². The first-order valence-corrected chi connectivity index (χ1v) is 12.1. The van der Waals surface area contributed by atoms with E-state index in [0.29, 0.717) is 24.5 Å². The largest absolute Gasteiger partial charge is 0.459 e. The molecular weight excluding hydrogens is 434 g/mol. The smallest absolute Gasteiger partial charge is 0.286 e. The van der Waals surface area contributed by atoms with Gasteiger partial charge in [-0.15, -0.1) is 0 Å². The Balaban J connectivity index is 1.32. The van der Waals surface area contributed by atoms with Crippen LogP contribution in [0.3, 0.4) is 0 Å². The summed E-state index contributed by atoms with van der Waals surface area (Å²) < 4.78 is 23.1. The van der Waals surface area contributed by atoms with E-state index in [9.17, 15) is 9.90 Å². The first-order valence-electron chi connectivity index (χ1n) is 12.1. The van der Waals surface area contributed by atoms with Crippen molar-refractivity contribution in [2.24, 2.45) is 0 Å². The number of nitrogens with one attached hydrogen (secondary N) is 1. The van der Waals surface area contributed by atoms with Crippen LogP contribution in [-0.4, -0.2) is 30.1 Å². The molecule has 2 N–H and O–H groups in total. The summed E-state index contributed by atoms with van der Waals surface area (Å²) in [6, 6.07) is 13.7. The zero-order chi connectivity index (χ0) is 23.3. The van der Waals surface area contributed by atoms with E-state index in [2.05, 4.69) is 5.32 Å². The molecule has 2 heterocycles. The Hall–Kier alpha value is -3.03. The summed E-state index contributed by atoms with van der Waals surface area (Å²) in [4.78, 5) is 13.1. The molecule has 1 saturated carbocycles. The first kappa shape index (κ1) is 22.7. The van der Waals surface area contributed by atoms with Gasteiger partial charge in [0.2, 0.25) is 13.1 Å². The van der Waals surface area contributed by atoms with Crippen molar-refractivity contribution in [2.45, 2.75) is 70.0 Å². The number of aliphatic hydroxyl groups excluding tert-OH is 1. The second kappa shape index (κ2) is 10.5. The zero-order valence-electron chi connectivity index (χ0n) is 19.2. The Kier molecular flexibility index (Phi) is 7.02. The SMILES string of the molecule is O=C(NC1CCCCC1)C1=C[C@@H](c2ccc3c(c2)OCO3)C[C@@H](OCc2ccc(CO)cc2)O1. The average molecular weight is 466 g/mol. The summed E-state index contributed by atoms with van der Waals surface area (Å²) in [5.41, 5.74) is 2.85. The number of hydrogen-bond donors (Lipinski definition) is 2. The molecule has 34 heavy (non-hydrogen) atoms. The van der Waals surface area contributed by atoms with Crippen LogP contribution >= 0.6 is 0 Å². The molecule has 2 aliphatic heterocycles. The molecule has 0 saturated heterocycles. The predicted octanol–water partition coefficient (Wildman–Crippen LogP) is 4.29. The lowest BCUT2D eigenvalue weighted by atomic mass is 9.92. The van der Waals surface area contributed by atoms with Gasteiger partial charge < -0.3 is 29.4 Å². The molecule has 0 bridgehead atoms. The monoisotopic (exact) mass is 465 g/mol. The fraction of sp³-hybridized carbons (Fsp3) is 0.444. The molecule has 2 atom stereocenters. The van der Waals surface area contributed by atoms with Gasteiger partial charge in [0, 0.05) is 18.4 Å². The van der Waals surface area contributed by atoms with E-state index < -0.39 is 6.29 Å². The Bertz CT molecular complexity index is 1030. The minimum absolute atomic E-state index is 0.00828. The minimum atomic E-state index is -0.565. The highest BCUT2D eigenvalue weighted by molar-refractivity contribution is 5.92. The van der Waals surface area contributed by atoms with Gasteiger partial charge in [0.1, 0.15) is 0 Å². The molecule has 0 radical (unpaired) electrons. The van der Waals surface area contributed by atoms with Crippen molar-refractivity contribution < 1.29 is 28.8 Å². The van der Waals surface area contributed by atoms with Crippen molar-refractivity contribution in [3.05, 3.63) is 71.0 Å². The van der Waals surface area contributed by atoms with Gasteiger partial charge >= 0.3 is 0 Å². The second-order valence-electron chi connectivity index (χ2n) is 9.13. The Morgan fingerprint density at radius 1 is 1.00 bits per heavy atom. The summed E-state index contributed by atoms with van der Waals surface area (Å²) in [7, 11) is 0. The number of amides is 1. The summed E-state index contributed by atoms with van der Waals surface area (Å²) >= 11 is 0. The van der Waals surface area contributed by atoms with Gasteiger partial charge in [0.05, 0.1) is 13.2 Å². The van der Waals surface area contributed by atoms with E-state index >= 15 is 0 Å². The first-order chi connectivity index (χ1) is 16.7. The second-order valence-corrected chi connectivity index (χ2v) is 9.13. The normalized spacial score (nSPS) is 22.1. The quantitative estimate of drug-likeness (QED) is 0.635. The third-order valence-electron chi connectivity index (χ3n) is 6.69. The maximum atomic E-state index is 13.1. The van der Waals surface area contributed by atoms with E-state index in [0.717, 1.165) is 48.1 Å². The highest BCUT2D eigenvalue weighted by Crippen LogP contribution is 2.38. The Morgan fingerprint density at radius 2 is 1.76 bits per heavy atom. The molecule has 2 aromatic rings. The summed E-state index contributed by atoms with van der Waals surface area (Å²) in [6.07, 6.45) is 7.44. The van der Waals surface area contributed by atoms with Crippen LogP contribution in [0.1, 0.15) is 61.1 Å². The Labute approximate surface area is 199 Å². The number of hydrogen-bond acceptors (Lipinski definition) is 6. The van der Waals surface area contributed by atoms with Crippen molar-refractivity contribution in [3.63, 3.8) is 0 Å². The number of carbonyl (C=O) groups excluding carboxylic acids is 1. The number of ether oxygens (including phenoxy) is 4. The van der Waals surface area contributed by atoms with Gasteiger partial charge in [-0.1, -0.05) is 49.6 Å². The Morgan fingerprint density at radius 3 is 2.56 bits per heavy atom. The molecule has 2 aromatic carbocycles. The fourth-order valence-electron chi connectivity index (χ4n) is 4.73. The number of aliphatic hydroxyl groups is 1. The molecule has 0 unspecified atom stereocenters. The third-order valence-corrected chi connectivity index (χ3v) is 6.69. The fourth-order valence-corrected chi connectivity index (χ4v) is 4.73. The average Bonchev–Trinajstić information content (AvgIpc) is 3.36. The third kappa shape index (κ3) is 5.37. The molecule has 3 aliphatic rings. The molecule has 0 aromatic heterocycles. The molecule has 0 spiro atoms. The molecule has 7 nitrogen and oxygen atoms in total. The van der Waals surface area contributed by atoms with Crippen molar-refractivity contribution in [1.29, 1.82) is 0 Å². The lowest BCUT2D eigenvalue weighted by Crippen LogP contribution is -2.39. The molecular formula is C27H31NO6. The van der Waals surface area contributed by atoms with Crippen LogP contribution in [0.2, 0.25) is 0 Å². The van der Waals surface area contributed by atoms with Gasteiger partial charge in [0.15, 0.2) is 17.3 Å². The van der Waals surface area contributed by atoms with E-state index in [1.807, 2.05) is 48.5 Å². The van der Waals surface area contributed by atoms with E-state index in [1.54, 1.807) is 0 Å². The number of rotatable bonds is 7. The zero-order valence-corrected chi connectivity index (χ0v) is 19.2. The summed E-state index contributed by atoms with van der Waals surface area (Å²) in [6.45, 7) is 0.578. The van der Waals surface area contributed by atoms with Crippen LogP contribution in [0.25, 0.3) is 0 Å². The van der Waals surface area contributed by atoms with Gasteiger partial charge in [-0.25, -0.2) is 0 Å². The maximum absolute atomic E-state index is 13.1. The predicted molar refractivity (Wildman–Crippen MR) is 125 cm³/mol. The molecule has 1 fully saturated rings. The molecule has 180 valence electrons. The van der Waals surface area contributed by atoms with E-state index in [4.69, 9.17) is 18.9 Å². The van der Waals surface area contributed by atoms with Crippen molar-refractivity contribution >= 4 is 5.91 Å². The number of fused-ring (bicyclic) bond motifs is 1. The van der Waals surface area contributed by atoms with Gasteiger partial charge in [-0.3, -0.25) is 4.79 Å². The molecule has 7 heteroatoms. The van der Waals surface area contributed by atoms with Crippen LogP contribution in [0, 0.1) is 0 Å². The van der Waals surface area contributed by atoms with Crippen molar-refractivity contribution in [2.75, 3.05) is 6.79 Å². The van der Waals surface area contributed by atoms with Gasteiger partial charge in [-0.05, 0) is 47.7 Å². The van der Waals surface area contributed by atoms with Crippen molar-refractivity contribution in [1.82, 2.24) is 5.32 Å². The molecule has 5 rings (SSSR count). The van der Waals surface area contributed by atoms with Crippen LogP contribution in [0.15, 0.2) is 54.3 Å². The number of carbonyl (C=O) groups is 1. The summed E-state index contributed by atoms with van der Waals surface area (Å²) in [5.74, 6) is 1.51. The summed E-state index contributed by atoms with van der Waals surface area (Å²) in [5, 5.41) is 12.4. The lowest BCUT2D eigenvalue weighted by molar-refractivity contribution is -0.150. The van der Waals surface area contributed by atoms with Crippen LogP contribution < -0.4 is 14.8 Å². The van der Waals surface area contributed by atoms with Crippen molar-refractivity contribution in [3.8, 4) is 11.5 Å². The van der Waals surface area contributed by atoms with Gasteiger partial charge in [0.25, 0.3) is 5.91 Å². The molecule has 1 aliphatic carbocycles. The topological polar surface area (TPSA) is 86.3 Å². The number of allylic oxidation sites excluding steroid dienone is 1. The van der Waals surface area contributed by atoms with Crippen LogP contribution in [-0.2, 0) is 27.5 Å². The van der Waals surface area contributed by atoms with E-state index in [1.165, 1.54) is 6.42 Å². The lowest BCUT2D eigenvalue weighted by Gasteiger charge is -2.30. The highest BCUT2D eigenvalue weighted by atomic mass is 16.7. The standard InChI is InChI=1S/C27H31NO6/c29-15-18-6-8-19(9-7-18)16-31-26-14-21(20-10-11-23-24(12-20)33-17-32-23)13-25(34-26)27(30)28-22-4-2-1-3-5-22/h6-13,21-22,26,29H,1-5,14-17H2,(H,28,30)/t21-,26+/m1/s1. The highest BCUT2D eigenvalue weighted by Gasteiger charge is 2.31. The maximum Gasteiger partial charge on any atom is 0.286 e. The molecule has 1 amide bonds. The number of benzene rings is 2.